The molecule has 1 atom stereocenters. The van der Waals surface area contributed by atoms with E-state index in [1.807, 2.05) is 50.6 Å². The molecule has 2 aromatic heterocycles. The Balaban J connectivity index is 1.22. The molecule has 62 heavy (non-hydrogen) atoms. The van der Waals surface area contributed by atoms with Crippen LogP contribution in [0.2, 0.25) is 0 Å². The van der Waals surface area contributed by atoms with E-state index in [9.17, 15) is 23.1 Å². The van der Waals surface area contributed by atoms with Gasteiger partial charge >= 0.3 is 18.3 Å². The van der Waals surface area contributed by atoms with E-state index in [4.69, 9.17) is 34.0 Å². The fourth-order valence-corrected chi connectivity index (χ4v) is 9.55. The van der Waals surface area contributed by atoms with E-state index in [-0.39, 0.29) is 41.1 Å². The molecular formula is C46H60F3N7O6. The highest BCUT2D eigenvalue weighted by molar-refractivity contribution is 6.07. The molecule has 4 saturated heterocycles. The van der Waals surface area contributed by atoms with Gasteiger partial charge in [0.15, 0.2) is 18.6 Å². The topological polar surface area (TPSA) is 128 Å². The Bertz CT molecular complexity index is 2290. The van der Waals surface area contributed by atoms with Gasteiger partial charge in [-0.2, -0.15) is 28.2 Å². The van der Waals surface area contributed by atoms with E-state index in [1.54, 1.807) is 31.0 Å². The smallest absolute Gasteiger partial charge is 0.422 e. The number of rotatable bonds is 10. The highest BCUT2D eigenvalue weighted by atomic mass is 19.4. The zero-order valence-corrected chi connectivity index (χ0v) is 36.8. The molecule has 8 rings (SSSR count). The van der Waals surface area contributed by atoms with Gasteiger partial charge in [0.1, 0.15) is 23.0 Å². The van der Waals surface area contributed by atoms with E-state index in [2.05, 4.69) is 16.4 Å². The summed E-state index contributed by atoms with van der Waals surface area (Å²) in [5.74, 6) is 0.493. The number of fused-ring (bicyclic) bond motifs is 2. The number of amides is 1. The second kappa shape index (κ2) is 16.8. The average molecular weight is 864 g/mol. The second-order valence-corrected chi connectivity index (χ2v) is 19.3. The fraction of sp³-hybridized carbons (Fsp3) is 0.609. The van der Waals surface area contributed by atoms with Crippen LogP contribution in [0.4, 0.5) is 23.8 Å². The number of halogens is 3. The van der Waals surface area contributed by atoms with Crippen LogP contribution in [0.5, 0.6) is 11.8 Å². The minimum absolute atomic E-state index is 0.0408. The number of β-amino-alcohol motifs (C(OH)–C–C–N with tert-alkyl or cyclic N) is 1. The van der Waals surface area contributed by atoms with Crippen molar-refractivity contribution in [3.8, 4) is 22.9 Å². The zero-order valence-electron chi connectivity index (χ0n) is 36.8. The maximum absolute atomic E-state index is 14.3. The average Bonchev–Trinajstić information content (AvgIpc) is 3.62. The Morgan fingerprint density at radius 1 is 1.00 bits per heavy atom. The number of likely N-dealkylation sites (tertiary alicyclic amines) is 2. The van der Waals surface area contributed by atoms with Gasteiger partial charge in [0, 0.05) is 74.2 Å². The van der Waals surface area contributed by atoms with Crippen molar-refractivity contribution in [2.45, 2.75) is 116 Å². The van der Waals surface area contributed by atoms with Gasteiger partial charge in [-0.15, -0.1) is 0 Å². The lowest BCUT2D eigenvalue weighted by molar-refractivity contribution is -0.153. The maximum Gasteiger partial charge on any atom is 0.422 e. The van der Waals surface area contributed by atoms with Gasteiger partial charge in [-0.3, -0.25) is 0 Å². The van der Waals surface area contributed by atoms with E-state index in [0.717, 1.165) is 48.6 Å². The van der Waals surface area contributed by atoms with Crippen molar-refractivity contribution in [3.05, 3.63) is 42.1 Å². The second-order valence-electron chi connectivity index (χ2n) is 19.3. The number of carbonyl (C=O) groups is 1. The van der Waals surface area contributed by atoms with Crippen LogP contribution in [0.25, 0.3) is 39.0 Å². The summed E-state index contributed by atoms with van der Waals surface area (Å²) in [6.07, 6.45) is 3.53. The molecule has 336 valence electrons. The van der Waals surface area contributed by atoms with Gasteiger partial charge in [-0.1, -0.05) is 18.7 Å². The Morgan fingerprint density at radius 3 is 2.35 bits per heavy atom. The first-order chi connectivity index (χ1) is 29.3. The van der Waals surface area contributed by atoms with Crippen LogP contribution in [0.1, 0.15) is 96.9 Å². The molecule has 0 aliphatic carbocycles. The minimum atomic E-state index is -4.65. The number of nitrogens with zero attached hydrogens (tertiary/aromatic N) is 7. The predicted molar refractivity (Wildman–Crippen MR) is 232 cm³/mol. The number of piperidine rings is 2. The SMILES string of the molecule is C=Cc1cc2c(N3CCC4(CC3)CN(C(=O)OC(C)(C)C)C4)nc(OC3CCN(CC(C)(C)O)CC3)nc2c(OCC(F)(F)F)c1-c1c(C)ccc2c1cnn2C1CCCCO1. The molecule has 1 unspecified atom stereocenters. The van der Waals surface area contributed by atoms with Gasteiger partial charge in [-0.25, -0.2) is 9.48 Å². The number of carbonyl (C=O) groups excluding carboxylic acids is 1. The largest absolute Gasteiger partial charge is 0.481 e. The lowest BCUT2D eigenvalue weighted by Crippen LogP contribution is -2.62. The molecule has 6 heterocycles. The number of alkyl halides is 3. The van der Waals surface area contributed by atoms with Crippen molar-refractivity contribution in [2.24, 2.45) is 5.41 Å². The maximum atomic E-state index is 14.3. The summed E-state index contributed by atoms with van der Waals surface area (Å²) in [5.41, 5.74) is 1.95. The van der Waals surface area contributed by atoms with E-state index in [1.165, 1.54) is 0 Å². The number of anilines is 1. The van der Waals surface area contributed by atoms with Crippen molar-refractivity contribution >= 4 is 39.8 Å². The van der Waals surface area contributed by atoms with Crippen LogP contribution in [0.15, 0.2) is 31.0 Å². The third kappa shape index (κ3) is 9.47. The highest BCUT2D eigenvalue weighted by Gasteiger charge is 2.48. The molecule has 0 radical (unpaired) electrons. The van der Waals surface area contributed by atoms with Crippen LogP contribution in [-0.4, -0.2) is 123 Å². The van der Waals surface area contributed by atoms with Crippen LogP contribution < -0.4 is 14.4 Å². The summed E-state index contributed by atoms with van der Waals surface area (Å²) >= 11 is 0. The van der Waals surface area contributed by atoms with Crippen LogP contribution in [-0.2, 0) is 9.47 Å². The Kier molecular flexibility index (Phi) is 11.9. The summed E-state index contributed by atoms with van der Waals surface area (Å²) in [7, 11) is 0. The summed E-state index contributed by atoms with van der Waals surface area (Å²) in [6.45, 7) is 18.6. The molecule has 0 bridgehead atoms. The number of hydrogen-bond donors (Lipinski definition) is 1. The van der Waals surface area contributed by atoms with E-state index >= 15 is 0 Å². The van der Waals surface area contributed by atoms with E-state index < -0.39 is 24.0 Å². The van der Waals surface area contributed by atoms with Crippen molar-refractivity contribution in [1.29, 1.82) is 0 Å². The number of aryl methyl sites for hydroxylation is 1. The molecule has 13 nitrogen and oxygen atoms in total. The first-order valence-corrected chi connectivity index (χ1v) is 21.9. The number of benzene rings is 2. The minimum Gasteiger partial charge on any atom is -0.481 e. The molecule has 2 aromatic carbocycles. The normalized spacial score (nSPS) is 20.5. The molecule has 1 amide bonds. The van der Waals surface area contributed by atoms with Crippen LogP contribution in [0.3, 0.4) is 0 Å². The standard InChI is InChI=1S/C46H60F3N7O6/c1-8-30-23-32-38(39(60-28-46(47,48)49)37(30)36-29(2)12-13-34-33(36)24-50-56(34)35-11-9-10-22-59-35)51-41(61-31-14-18-53(19-15-31)25-44(6,7)58)52-40(32)54-20-16-45(17-21-54)26-55(27-45)42(57)62-43(3,4)5/h8,12-13,23-24,31,35,58H,1,9-11,14-22,25-28H2,2-7H3. The Labute approximate surface area is 361 Å². The molecule has 16 heteroatoms. The Morgan fingerprint density at radius 2 is 1.73 bits per heavy atom. The molecular weight excluding hydrogens is 804 g/mol. The molecule has 4 aromatic rings. The van der Waals surface area contributed by atoms with Gasteiger partial charge in [-0.05, 0) is 115 Å². The summed E-state index contributed by atoms with van der Waals surface area (Å²) in [6, 6.07) is 5.87. The highest BCUT2D eigenvalue weighted by Crippen LogP contribution is 2.48. The zero-order chi connectivity index (χ0) is 44.2. The van der Waals surface area contributed by atoms with Crippen molar-refractivity contribution < 1.29 is 42.0 Å². The predicted octanol–water partition coefficient (Wildman–Crippen LogP) is 8.69. The third-order valence-corrected chi connectivity index (χ3v) is 12.4. The molecule has 4 aliphatic rings. The molecule has 4 fully saturated rings. The first-order valence-electron chi connectivity index (χ1n) is 21.9. The van der Waals surface area contributed by atoms with Gasteiger partial charge in [0.25, 0.3) is 0 Å². The fourth-order valence-electron chi connectivity index (χ4n) is 9.55. The molecule has 1 spiro atoms. The number of aromatic nitrogens is 4. The third-order valence-electron chi connectivity index (χ3n) is 12.4. The molecule has 0 saturated carbocycles. The van der Waals surface area contributed by atoms with Gasteiger partial charge in [0.2, 0.25) is 0 Å². The van der Waals surface area contributed by atoms with Crippen molar-refractivity contribution in [2.75, 3.05) is 63.9 Å². The molecule has 4 aliphatic heterocycles. The summed E-state index contributed by atoms with van der Waals surface area (Å²) in [5, 5.41) is 16.5. The van der Waals surface area contributed by atoms with Crippen molar-refractivity contribution in [3.63, 3.8) is 0 Å². The van der Waals surface area contributed by atoms with Gasteiger partial charge in [0.05, 0.1) is 17.3 Å². The number of ether oxygens (including phenoxy) is 4. The quantitative estimate of drug-likeness (QED) is 0.165. The molecule has 1 N–H and O–H groups in total. The monoisotopic (exact) mass is 863 g/mol. The number of aliphatic hydroxyl groups is 1. The van der Waals surface area contributed by atoms with E-state index in [0.29, 0.717) is 93.2 Å². The number of hydrogen-bond acceptors (Lipinski definition) is 11. The first kappa shape index (κ1) is 44.0. The van der Waals surface area contributed by atoms with Crippen LogP contribution in [0, 0.1) is 12.3 Å². The summed E-state index contributed by atoms with van der Waals surface area (Å²) in [4.78, 5) is 28.9. The lowest BCUT2D eigenvalue weighted by Gasteiger charge is -2.53. The van der Waals surface area contributed by atoms with Crippen molar-refractivity contribution in [1.82, 2.24) is 29.5 Å². The van der Waals surface area contributed by atoms with Gasteiger partial charge < -0.3 is 38.8 Å². The Hall–Kier alpha value is -4.67. The van der Waals surface area contributed by atoms with Crippen LogP contribution >= 0.6 is 0 Å². The summed E-state index contributed by atoms with van der Waals surface area (Å²) < 4.78 is 68.9. The lowest BCUT2D eigenvalue weighted by atomic mass is 9.72.